The normalized spacial score (nSPS) is 12.1. The van der Waals surface area contributed by atoms with Crippen molar-refractivity contribution in [3.63, 3.8) is 0 Å². The van der Waals surface area contributed by atoms with Gasteiger partial charge in [-0.3, -0.25) is 0 Å². The summed E-state index contributed by atoms with van der Waals surface area (Å²) in [5.74, 6) is -0.0587. The Hall–Kier alpha value is -3.29. The fourth-order valence-corrected chi connectivity index (χ4v) is 2.76. The number of benzene rings is 2. The lowest BCUT2D eigenvalue weighted by Crippen LogP contribution is -2.37. The molecule has 8 heteroatoms. The van der Waals surface area contributed by atoms with E-state index in [1.807, 2.05) is 13.8 Å². The van der Waals surface area contributed by atoms with Crippen molar-refractivity contribution in [2.45, 2.75) is 39.2 Å². The second-order valence-corrected chi connectivity index (χ2v) is 7.09. The molecule has 0 radical (unpaired) electrons. The van der Waals surface area contributed by atoms with E-state index in [0.29, 0.717) is 17.4 Å². The number of hydrogen-bond acceptors (Lipinski definition) is 4. The molecule has 0 aliphatic heterocycles. The zero-order valence-electron chi connectivity index (χ0n) is 16.4. The van der Waals surface area contributed by atoms with Gasteiger partial charge in [-0.1, -0.05) is 25.1 Å². The van der Waals surface area contributed by atoms with Crippen LogP contribution in [0.25, 0.3) is 11.5 Å². The largest absolute Gasteiger partial charge is 0.335 e. The van der Waals surface area contributed by atoms with Crippen LogP contribution >= 0.6 is 0 Å². The number of carbonyl (C=O) groups excluding carboxylic acids is 1. The molecule has 2 N–H and O–H groups in total. The molecule has 2 aromatic carbocycles. The van der Waals surface area contributed by atoms with Crippen LogP contribution in [0.3, 0.4) is 0 Å². The Morgan fingerprint density at radius 1 is 1.07 bits per heavy atom. The van der Waals surface area contributed by atoms with Gasteiger partial charge in [0, 0.05) is 28.8 Å². The molecule has 0 saturated carbocycles. The molecule has 1 atom stereocenters. The Morgan fingerprint density at radius 3 is 2.31 bits per heavy atom. The van der Waals surface area contributed by atoms with Gasteiger partial charge in [0.05, 0.1) is 0 Å². The van der Waals surface area contributed by atoms with Gasteiger partial charge in [0.15, 0.2) is 5.82 Å². The number of nitrogens with one attached hydrogen (secondary N) is 2. The highest BCUT2D eigenvalue weighted by atomic mass is 19.1. The first-order valence-electron chi connectivity index (χ1n) is 9.28. The Balaban J connectivity index is 1.57. The molecule has 2 amide bonds. The summed E-state index contributed by atoms with van der Waals surface area (Å²) in [4.78, 5) is 16.5. The molecule has 0 aliphatic rings. The van der Waals surface area contributed by atoms with Gasteiger partial charge in [-0.05, 0) is 49.7 Å². The summed E-state index contributed by atoms with van der Waals surface area (Å²) in [7, 11) is 0. The number of nitrogens with zero attached hydrogens (tertiary/aromatic N) is 2. The summed E-state index contributed by atoms with van der Waals surface area (Å²) < 4.78 is 32.7. The van der Waals surface area contributed by atoms with Crippen molar-refractivity contribution in [1.82, 2.24) is 15.5 Å². The second-order valence-electron chi connectivity index (χ2n) is 7.09. The third-order valence-corrected chi connectivity index (χ3v) is 4.30. The highest BCUT2D eigenvalue weighted by Gasteiger charge is 2.15. The quantitative estimate of drug-likeness (QED) is 0.617. The number of rotatable bonds is 6. The van der Waals surface area contributed by atoms with Crippen LogP contribution in [0.5, 0.6) is 0 Å². The standard InChI is InChI=1S/C21H22F2N4O2/c1-12(2)19-26-20(29-27-19)14-7-9-15(10-8-14)25-21(28)24-13(3)11-16-17(22)5-4-6-18(16)23/h4-10,12-13H,11H2,1-3H3,(H2,24,25,28). The van der Waals surface area contributed by atoms with E-state index in [-0.39, 0.29) is 17.9 Å². The first kappa shape index (κ1) is 20.4. The molecule has 0 bridgehead atoms. The van der Waals surface area contributed by atoms with Gasteiger partial charge in [0.1, 0.15) is 11.6 Å². The maximum atomic E-state index is 13.7. The molecule has 0 fully saturated rings. The van der Waals surface area contributed by atoms with Crippen molar-refractivity contribution < 1.29 is 18.1 Å². The maximum Gasteiger partial charge on any atom is 0.319 e. The van der Waals surface area contributed by atoms with Crippen molar-refractivity contribution in [3.05, 3.63) is 65.5 Å². The SMILES string of the molecule is CC(Cc1c(F)cccc1F)NC(=O)Nc1ccc(-c2nc(C(C)C)no2)cc1. The lowest BCUT2D eigenvalue weighted by atomic mass is 10.1. The minimum atomic E-state index is -0.628. The number of aromatic nitrogens is 2. The fraction of sp³-hybridized carbons (Fsp3) is 0.286. The smallest absolute Gasteiger partial charge is 0.319 e. The first-order chi connectivity index (χ1) is 13.8. The number of anilines is 1. The van der Waals surface area contributed by atoms with Crippen LogP contribution in [0.2, 0.25) is 0 Å². The van der Waals surface area contributed by atoms with E-state index in [1.165, 1.54) is 18.2 Å². The molecular weight excluding hydrogens is 378 g/mol. The van der Waals surface area contributed by atoms with Gasteiger partial charge in [0.25, 0.3) is 5.89 Å². The number of carbonyl (C=O) groups is 1. The zero-order chi connectivity index (χ0) is 21.0. The van der Waals surface area contributed by atoms with Crippen LogP contribution in [0, 0.1) is 11.6 Å². The highest BCUT2D eigenvalue weighted by molar-refractivity contribution is 5.89. The molecular formula is C21H22F2N4O2. The predicted molar refractivity (Wildman–Crippen MR) is 106 cm³/mol. The average molecular weight is 400 g/mol. The molecule has 0 saturated heterocycles. The molecule has 0 aliphatic carbocycles. The Labute approximate surface area is 167 Å². The summed E-state index contributed by atoms with van der Waals surface area (Å²) in [6.45, 7) is 5.63. The lowest BCUT2D eigenvalue weighted by molar-refractivity contribution is 0.249. The van der Waals surface area contributed by atoms with Crippen molar-refractivity contribution in [2.75, 3.05) is 5.32 Å². The third kappa shape index (κ3) is 5.16. The summed E-state index contributed by atoms with van der Waals surface area (Å²) in [5.41, 5.74) is 1.24. The second kappa shape index (κ2) is 8.81. The van der Waals surface area contributed by atoms with Crippen LogP contribution in [0.4, 0.5) is 19.3 Å². The minimum Gasteiger partial charge on any atom is -0.335 e. The predicted octanol–water partition coefficient (Wildman–Crippen LogP) is 4.89. The number of halogens is 2. The number of amides is 2. The number of urea groups is 1. The van der Waals surface area contributed by atoms with E-state index in [1.54, 1.807) is 31.2 Å². The van der Waals surface area contributed by atoms with Crippen LogP contribution in [0.15, 0.2) is 47.0 Å². The molecule has 1 unspecified atom stereocenters. The van der Waals surface area contributed by atoms with Crippen molar-refractivity contribution in [2.24, 2.45) is 0 Å². The van der Waals surface area contributed by atoms with E-state index >= 15 is 0 Å². The van der Waals surface area contributed by atoms with E-state index in [0.717, 1.165) is 5.56 Å². The monoisotopic (exact) mass is 400 g/mol. The number of hydrogen-bond donors (Lipinski definition) is 2. The highest BCUT2D eigenvalue weighted by Crippen LogP contribution is 2.22. The van der Waals surface area contributed by atoms with Crippen LogP contribution < -0.4 is 10.6 Å². The van der Waals surface area contributed by atoms with Crippen LogP contribution in [-0.4, -0.2) is 22.2 Å². The summed E-state index contributed by atoms with van der Waals surface area (Å²) in [6, 6.07) is 9.68. The van der Waals surface area contributed by atoms with E-state index in [4.69, 9.17) is 4.52 Å². The van der Waals surface area contributed by atoms with Gasteiger partial charge < -0.3 is 15.2 Å². The Morgan fingerprint density at radius 2 is 1.72 bits per heavy atom. The van der Waals surface area contributed by atoms with Crippen molar-refractivity contribution >= 4 is 11.7 Å². The molecule has 0 spiro atoms. The molecule has 6 nitrogen and oxygen atoms in total. The maximum absolute atomic E-state index is 13.7. The first-order valence-corrected chi connectivity index (χ1v) is 9.28. The van der Waals surface area contributed by atoms with Crippen molar-refractivity contribution in [1.29, 1.82) is 0 Å². The summed E-state index contributed by atoms with van der Waals surface area (Å²) >= 11 is 0. The fourth-order valence-electron chi connectivity index (χ4n) is 2.76. The Bertz CT molecular complexity index is 966. The zero-order valence-corrected chi connectivity index (χ0v) is 16.4. The van der Waals surface area contributed by atoms with Crippen molar-refractivity contribution in [3.8, 4) is 11.5 Å². The molecule has 1 aromatic heterocycles. The van der Waals surface area contributed by atoms with E-state index < -0.39 is 23.7 Å². The van der Waals surface area contributed by atoms with Gasteiger partial charge in [-0.15, -0.1) is 0 Å². The van der Waals surface area contributed by atoms with Gasteiger partial charge in [-0.25, -0.2) is 13.6 Å². The summed E-state index contributed by atoms with van der Waals surface area (Å²) in [5, 5.41) is 9.28. The van der Waals surface area contributed by atoms with E-state index in [9.17, 15) is 13.6 Å². The Kier molecular flexibility index (Phi) is 6.21. The third-order valence-electron chi connectivity index (χ3n) is 4.30. The van der Waals surface area contributed by atoms with Crippen LogP contribution in [0.1, 0.15) is 38.1 Å². The minimum absolute atomic E-state index is 0.0419. The molecule has 3 aromatic rings. The van der Waals surface area contributed by atoms with E-state index in [2.05, 4.69) is 20.8 Å². The topological polar surface area (TPSA) is 80.0 Å². The van der Waals surface area contributed by atoms with Gasteiger partial charge >= 0.3 is 6.03 Å². The molecule has 152 valence electrons. The lowest BCUT2D eigenvalue weighted by Gasteiger charge is -2.15. The van der Waals surface area contributed by atoms with Crippen LogP contribution in [-0.2, 0) is 6.42 Å². The molecule has 1 heterocycles. The van der Waals surface area contributed by atoms with Gasteiger partial charge in [0.2, 0.25) is 0 Å². The summed E-state index contributed by atoms with van der Waals surface area (Å²) in [6.07, 6.45) is 0.0419. The average Bonchev–Trinajstić information content (AvgIpc) is 3.16. The van der Waals surface area contributed by atoms with Gasteiger partial charge in [-0.2, -0.15) is 4.98 Å². The molecule has 3 rings (SSSR count). The molecule has 29 heavy (non-hydrogen) atoms.